The van der Waals surface area contributed by atoms with Gasteiger partial charge in [0.2, 0.25) is 0 Å². The Hall–Kier alpha value is -0.860. The molecular weight excluding hydrogens is 252 g/mol. The molecule has 0 rings (SSSR count). The third-order valence-corrected chi connectivity index (χ3v) is 3.18. The van der Waals surface area contributed by atoms with Crippen molar-refractivity contribution in [3.8, 4) is 0 Å². The number of hydrogen-bond acceptors (Lipinski definition) is 3. The highest BCUT2D eigenvalue weighted by atomic mass is 16.6. The minimum absolute atomic E-state index is 0.0129. The van der Waals surface area contributed by atoms with Crippen molar-refractivity contribution in [3.63, 3.8) is 0 Å². The molecule has 0 aliphatic carbocycles. The largest absolute Gasteiger partial charge is 0.392 e. The Morgan fingerprint density at radius 2 is 1.25 bits per heavy atom. The van der Waals surface area contributed by atoms with Crippen LogP contribution in [0.25, 0.3) is 0 Å². The lowest BCUT2D eigenvalue weighted by molar-refractivity contribution is -0.173. The lowest BCUT2D eigenvalue weighted by atomic mass is 9.76. The van der Waals surface area contributed by atoms with Crippen molar-refractivity contribution in [2.75, 3.05) is 0 Å². The average Bonchev–Trinajstić information content (AvgIpc) is 2.10. The summed E-state index contributed by atoms with van der Waals surface area (Å²) in [6.07, 6.45) is 1.38. The summed E-state index contributed by atoms with van der Waals surface area (Å²) in [4.78, 5) is 24.4. The van der Waals surface area contributed by atoms with E-state index >= 15 is 0 Å². The summed E-state index contributed by atoms with van der Waals surface area (Å²) in [7, 11) is 0. The summed E-state index contributed by atoms with van der Waals surface area (Å²) in [6.45, 7) is 17.7. The van der Waals surface area contributed by atoms with Crippen LogP contribution in [-0.4, -0.2) is 11.9 Å². The van der Waals surface area contributed by atoms with Crippen molar-refractivity contribution in [2.24, 2.45) is 22.2 Å². The van der Waals surface area contributed by atoms with Gasteiger partial charge in [0.1, 0.15) is 0 Å². The maximum Gasteiger partial charge on any atom is 0.319 e. The minimum atomic E-state index is -0.651. The van der Waals surface area contributed by atoms with Gasteiger partial charge < -0.3 is 4.74 Å². The van der Waals surface area contributed by atoms with Crippen LogP contribution in [0.15, 0.2) is 0 Å². The van der Waals surface area contributed by atoms with Crippen molar-refractivity contribution >= 4 is 11.9 Å². The molecule has 0 fully saturated rings. The Kier molecular flexibility index (Phi) is 6.01. The summed E-state index contributed by atoms with van der Waals surface area (Å²) < 4.78 is 5.15. The lowest BCUT2D eigenvalue weighted by Crippen LogP contribution is -2.37. The molecule has 0 bridgehead atoms. The Morgan fingerprint density at radius 1 is 0.850 bits per heavy atom. The van der Waals surface area contributed by atoms with Gasteiger partial charge in [-0.3, -0.25) is 9.59 Å². The highest BCUT2D eigenvalue weighted by Crippen LogP contribution is 2.35. The van der Waals surface area contributed by atoms with Gasteiger partial charge in [0.25, 0.3) is 0 Å². The molecule has 0 aliphatic heterocycles. The first kappa shape index (κ1) is 19.1. The molecule has 0 aromatic rings. The molecule has 0 aliphatic rings. The standard InChI is InChI=1S/C17H32O3/c1-12(2)10-16(6,7)13(18)20-14(19)17(8,9)11-15(3,4)5/h12H,10-11H2,1-9H3. The van der Waals surface area contributed by atoms with E-state index in [1.807, 2.05) is 27.7 Å². The first-order valence-corrected chi connectivity index (χ1v) is 7.44. The molecule has 0 spiro atoms. The Bertz CT molecular complexity index is 357. The molecule has 0 saturated heterocycles. The van der Waals surface area contributed by atoms with Crippen LogP contribution in [0.3, 0.4) is 0 Å². The van der Waals surface area contributed by atoms with Crippen molar-refractivity contribution in [3.05, 3.63) is 0 Å². The fourth-order valence-electron chi connectivity index (χ4n) is 2.86. The van der Waals surface area contributed by atoms with E-state index in [-0.39, 0.29) is 5.41 Å². The van der Waals surface area contributed by atoms with Crippen molar-refractivity contribution in [1.82, 2.24) is 0 Å². The van der Waals surface area contributed by atoms with Crippen molar-refractivity contribution in [1.29, 1.82) is 0 Å². The molecule has 3 heteroatoms. The number of rotatable bonds is 5. The van der Waals surface area contributed by atoms with E-state index in [9.17, 15) is 9.59 Å². The van der Waals surface area contributed by atoms with E-state index in [1.54, 1.807) is 0 Å². The van der Waals surface area contributed by atoms with Crippen LogP contribution in [-0.2, 0) is 14.3 Å². The summed E-state index contributed by atoms with van der Waals surface area (Å²) in [5.74, 6) is -0.456. The van der Waals surface area contributed by atoms with Gasteiger partial charge in [0.05, 0.1) is 10.8 Å². The SMILES string of the molecule is CC(C)CC(C)(C)C(=O)OC(=O)C(C)(C)CC(C)(C)C. The molecule has 0 atom stereocenters. The van der Waals surface area contributed by atoms with E-state index < -0.39 is 22.8 Å². The molecule has 0 aromatic carbocycles. The van der Waals surface area contributed by atoms with Gasteiger partial charge in [-0.05, 0) is 51.9 Å². The first-order valence-electron chi connectivity index (χ1n) is 7.44. The zero-order valence-electron chi connectivity index (χ0n) is 14.7. The van der Waals surface area contributed by atoms with E-state index in [1.165, 1.54) is 0 Å². The van der Waals surface area contributed by atoms with Crippen LogP contribution in [0.1, 0.15) is 75.2 Å². The third-order valence-electron chi connectivity index (χ3n) is 3.18. The second-order valence-corrected chi connectivity index (χ2v) is 8.78. The second-order valence-electron chi connectivity index (χ2n) is 8.78. The highest BCUT2D eigenvalue weighted by molar-refractivity contribution is 5.90. The van der Waals surface area contributed by atoms with E-state index in [0.717, 1.165) is 0 Å². The molecule has 0 amide bonds. The quantitative estimate of drug-likeness (QED) is 0.548. The van der Waals surface area contributed by atoms with Crippen molar-refractivity contribution in [2.45, 2.75) is 75.2 Å². The molecule has 0 aromatic heterocycles. The van der Waals surface area contributed by atoms with Gasteiger partial charge in [0, 0.05) is 0 Å². The first-order chi connectivity index (χ1) is 8.67. The molecular formula is C17H32O3. The number of carbonyl (C=O) groups is 2. The van der Waals surface area contributed by atoms with Crippen LogP contribution < -0.4 is 0 Å². The zero-order valence-corrected chi connectivity index (χ0v) is 14.7. The molecule has 0 radical (unpaired) electrons. The minimum Gasteiger partial charge on any atom is -0.392 e. The maximum absolute atomic E-state index is 12.2. The van der Waals surface area contributed by atoms with Crippen LogP contribution in [0.4, 0.5) is 0 Å². The molecule has 3 nitrogen and oxygen atoms in total. The smallest absolute Gasteiger partial charge is 0.319 e. The Labute approximate surface area is 124 Å². The number of ether oxygens (including phenoxy) is 1. The predicted molar refractivity (Wildman–Crippen MR) is 82.2 cm³/mol. The molecule has 0 heterocycles. The number of hydrogen-bond donors (Lipinski definition) is 0. The zero-order chi connectivity index (χ0) is 16.4. The predicted octanol–water partition coefficient (Wildman–Crippen LogP) is 4.59. The van der Waals surface area contributed by atoms with Gasteiger partial charge >= 0.3 is 11.9 Å². The second kappa shape index (κ2) is 6.28. The Balaban J connectivity index is 4.79. The van der Waals surface area contributed by atoms with Gasteiger partial charge in [0.15, 0.2) is 0 Å². The highest BCUT2D eigenvalue weighted by Gasteiger charge is 2.38. The van der Waals surface area contributed by atoms with E-state index in [0.29, 0.717) is 18.8 Å². The lowest BCUT2D eigenvalue weighted by Gasteiger charge is -2.31. The van der Waals surface area contributed by atoms with Crippen LogP contribution in [0.5, 0.6) is 0 Å². The normalized spacial score (nSPS) is 13.5. The van der Waals surface area contributed by atoms with Crippen LogP contribution >= 0.6 is 0 Å². The van der Waals surface area contributed by atoms with Crippen molar-refractivity contribution < 1.29 is 14.3 Å². The molecule has 0 saturated carbocycles. The summed E-state index contributed by atoms with van der Waals surface area (Å²) in [5.41, 5.74) is -1.26. The number of esters is 2. The van der Waals surface area contributed by atoms with Gasteiger partial charge in [-0.2, -0.15) is 0 Å². The fourth-order valence-corrected chi connectivity index (χ4v) is 2.86. The monoisotopic (exact) mass is 284 g/mol. The number of carbonyl (C=O) groups excluding carboxylic acids is 2. The summed E-state index contributed by atoms with van der Waals surface area (Å²) >= 11 is 0. The van der Waals surface area contributed by atoms with Gasteiger partial charge in [-0.25, -0.2) is 0 Å². The Morgan fingerprint density at radius 3 is 1.60 bits per heavy atom. The molecule has 20 heavy (non-hydrogen) atoms. The van der Waals surface area contributed by atoms with E-state index in [4.69, 9.17) is 4.74 Å². The van der Waals surface area contributed by atoms with Gasteiger partial charge in [-0.1, -0.05) is 34.6 Å². The fraction of sp³-hybridized carbons (Fsp3) is 0.882. The molecule has 0 unspecified atom stereocenters. The van der Waals surface area contributed by atoms with E-state index in [2.05, 4.69) is 34.6 Å². The molecule has 118 valence electrons. The summed E-state index contributed by atoms with van der Waals surface area (Å²) in [6, 6.07) is 0. The van der Waals surface area contributed by atoms with Gasteiger partial charge in [-0.15, -0.1) is 0 Å². The average molecular weight is 284 g/mol. The maximum atomic E-state index is 12.2. The third kappa shape index (κ3) is 6.53. The topological polar surface area (TPSA) is 43.4 Å². The van der Waals surface area contributed by atoms with Crippen LogP contribution in [0, 0.1) is 22.2 Å². The molecule has 0 N–H and O–H groups in total. The van der Waals surface area contributed by atoms with Crippen LogP contribution in [0.2, 0.25) is 0 Å². The summed E-state index contributed by atoms with van der Waals surface area (Å²) in [5, 5.41) is 0.